The van der Waals surface area contributed by atoms with E-state index >= 15 is 0 Å². The maximum atomic E-state index is 13.7. The normalized spacial score (nSPS) is 14.7. The second-order valence-corrected chi connectivity index (χ2v) is 9.22. The lowest BCUT2D eigenvalue weighted by Gasteiger charge is -2.36. The van der Waals surface area contributed by atoms with Gasteiger partial charge in [-0.15, -0.1) is 0 Å². The Morgan fingerprint density at radius 2 is 1.64 bits per heavy atom. The molecular weight excluding hydrogens is 498 g/mol. The molecule has 9 heteroatoms. The third-order valence-corrected chi connectivity index (χ3v) is 6.70. The molecule has 2 heterocycles. The van der Waals surface area contributed by atoms with Crippen LogP contribution < -0.4 is 24.4 Å². The number of fused-ring (bicyclic) bond motifs is 1. The van der Waals surface area contributed by atoms with E-state index in [0.717, 1.165) is 5.69 Å². The molecule has 0 bridgehead atoms. The smallest absolute Gasteiger partial charge is 0.261 e. The van der Waals surface area contributed by atoms with Gasteiger partial charge in [0.05, 0.1) is 7.11 Å². The van der Waals surface area contributed by atoms with Gasteiger partial charge in [0, 0.05) is 43.1 Å². The molecule has 5 rings (SSSR count). The summed E-state index contributed by atoms with van der Waals surface area (Å²) in [6, 6.07) is 19.9. The van der Waals surface area contributed by atoms with Gasteiger partial charge in [-0.1, -0.05) is 18.2 Å². The number of hydrogen-bond donors (Lipinski definition) is 1. The van der Waals surface area contributed by atoms with Gasteiger partial charge in [-0.25, -0.2) is 0 Å². The molecule has 0 radical (unpaired) electrons. The first kappa shape index (κ1) is 25.8. The van der Waals surface area contributed by atoms with Crippen molar-refractivity contribution in [2.75, 3.05) is 50.3 Å². The fourth-order valence-electron chi connectivity index (χ4n) is 4.59. The Hall–Kier alpha value is -4.79. The van der Waals surface area contributed by atoms with E-state index in [1.165, 1.54) is 14.0 Å². The van der Waals surface area contributed by atoms with E-state index in [2.05, 4.69) is 10.2 Å². The molecule has 0 unspecified atom stereocenters. The second kappa shape index (κ2) is 11.3. The van der Waals surface area contributed by atoms with Crippen LogP contribution in [0.4, 0.5) is 11.4 Å². The highest BCUT2D eigenvalue weighted by Crippen LogP contribution is 2.42. The van der Waals surface area contributed by atoms with Crippen molar-refractivity contribution in [2.24, 2.45) is 0 Å². The van der Waals surface area contributed by atoms with Gasteiger partial charge in [-0.3, -0.25) is 14.4 Å². The highest BCUT2D eigenvalue weighted by atomic mass is 16.7. The van der Waals surface area contributed by atoms with Crippen molar-refractivity contribution in [2.45, 2.75) is 6.92 Å². The predicted molar refractivity (Wildman–Crippen MR) is 147 cm³/mol. The Bertz CT molecular complexity index is 1410. The fourth-order valence-corrected chi connectivity index (χ4v) is 4.59. The van der Waals surface area contributed by atoms with Crippen molar-refractivity contribution in [3.8, 4) is 17.2 Å². The average molecular weight is 528 g/mol. The number of para-hydroxylation sites is 1. The van der Waals surface area contributed by atoms with E-state index in [4.69, 9.17) is 14.2 Å². The van der Waals surface area contributed by atoms with E-state index in [0.29, 0.717) is 60.2 Å². The minimum absolute atomic E-state index is 0.000896. The number of carbonyl (C=O) groups excluding carboxylic acids is 3. The quantitative estimate of drug-likeness (QED) is 0.215. The van der Waals surface area contributed by atoms with Gasteiger partial charge in [-0.05, 0) is 67.1 Å². The van der Waals surface area contributed by atoms with Gasteiger partial charge in [0.1, 0.15) is 5.57 Å². The highest BCUT2D eigenvalue weighted by Gasteiger charge is 2.28. The molecule has 0 atom stereocenters. The molecule has 0 aliphatic carbocycles. The first-order valence-corrected chi connectivity index (χ1v) is 12.6. The van der Waals surface area contributed by atoms with Crippen LogP contribution in [0.1, 0.15) is 22.8 Å². The Morgan fingerprint density at radius 1 is 0.923 bits per heavy atom. The standard InChI is InChI=1S/C30H29N3O6/c1-20(34)22-8-10-24(11-9-22)32-12-14-33(15-13-32)30(36)25(29(35)31-23-6-4-3-5-7-23)16-21-17-26(37-2)28-27(18-21)38-19-39-28/h3-11,16-18H,12-15,19H2,1-2H3,(H,31,35)/b25-16+. The molecule has 2 aliphatic heterocycles. The first-order chi connectivity index (χ1) is 18.9. The lowest BCUT2D eigenvalue weighted by Crippen LogP contribution is -2.50. The van der Waals surface area contributed by atoms with Gasteiger partial charge < -0.3 is 29.3 Å². The maximum Gasteiger partial charge on any atom is 0.261 e. The van der Waals surface area contributed by atoms with E-state index < -0.39 is 5.91 Å². The van der Waals surface area contributed by atoms with Crippen LogP contribution in [0.15, 0.2) is 72.3 Å². The summed E-state index contributed by atoms with van der Waals surface area (Å²) in [5.74, 6) is 0.571. The minimum Gasteiger partial charge on any atom is -0.493 e. The number of piperazine rings is 1. The predicted octanol–water partition coefficient (Wildman–Crippen LogP) is 4.00. The number of rotatable bonds is 7. The van der Waals surface area contributed by atoms with Crippen LogP contribution in [0.3, 0.4) is 0 Å². The lowest BCUT2D eigenvalue weighted by atomic mass is 10.1. The summed E-state index contributed by atoms with van der Waals surface area (Å²) in [4.78, 5) is 42.6. The molecule has 39 heavy (non-hydrogen) atoms. The van der Waals surface area contributed by atoms with E-state index in [1.807, 2.05) is 42.5 Å². The molecule has 3 aromatic rings. The lowest BCUT2D eigenvalue weighted by molar-refractivity contribution is -0.129. The number of carbonyl (C=O) groups is 3. The number of Topliss-reactive ketones (excluding diaryl/α,β-unsaturated/α-hetero) is 1. The van der Waals surface area contributed by atoms with Crippen molar-refractivity contribution in [3.63, 3.8) is 0 Å². The third-order valence-electron chi connectivity index (χ3n) is 6.70. The minimum atomic E-state index is -0.509. The van der Waals surface area contributed by atoms with Gasteiger partial charge in [0.25, 0.3) is 11.8 Å². The van der Waals surface area contributed by atoms with Crippen molar-refractivity contribution < 1.29 is 28.6 Å². The Morgan fingerprint density at radius 3 is 2.31 bits per heavy atom. The summed E-state index contributed by atoms with van der Waals surface area (Å²) in [6.45, 7) is 3.67. The number of ketones is 1. The van der Waals surface area contributed by atoms with Gasteiger partial charge in [0.15, 0.2) is 17.3 Å². The summed E-state index contributed by atoms with van der Waals surface area (Å²) in [6.07, 6.45) is 1.55. The largest absolute Gasteiger partial charge is 0.493 e. The van der Waals surface area contributed by atoms with E-state index in [1.54, 1.807) is 35.2 Å². The zero-order valence-electron chi connectivity index (χ0n) is 21.8. The average Bonchev–Trinajstić information content (AvgIpc) is 3.44. The van der Waals surface area contributed by atoms with Crippen LogP contribution in [0, 0.1) is 0 Å². The number of benzene rings is 3. The Balaban J connectivity index is 1.38. The molecule has 2 amide bonds. The molecule has 1 N–H and O–H groups in total. The summed E-state index contributed by atoms with van der Waals surface area (Å²) >= 11 is 0. The molecular formula is C30H29N3O6. The fraction of sp³-hybridized carbons (Fsp3) is 0.233. The van der Waals surface area contributed by atoms with Crippen molar-refractivity contribution in [1.82, 2.24) is 4.90 Å². The number of anilines is 2. The number of nitrogens with zero attached hydrogens (tertiary/aromatic N) is 2. The van der Waals surface area contributed by atoms with Crippen LogP contribution in [0.25, 0.3) is 6.08 Å². The Kier molecular flexibility index (Phi) is 7.49. The molecule has 9 nitrogen and oxygen atoms in total. The van der Waals surface area contributed by atoms with Gasteiger partial charge in [0.2, 0.25) is 12.5 Å². The Labute approximate surface area is 226 Å². The van der Waals surface area contributed by atoms with Crippen LogP contribution >= 0.6 is 0 Å². The molecule has 2 aliphatic rings. The number of ether oxygens (including phenoxy) is 3. The molecule has 3 aromatic carbocycles. The molecule has 1 fully saturated rings. The van der Waals surface area contributed by atoms with E-state index in [9.17, 15) is 14.4 Å². The number of amides is 2. The van der Waals surface area contributed by atoms with Crippen LogP contribution in [-0.2, 0) is 9.59 Å². The molecule has 1 saturated heterocycles. The van der Waals surface area contributed by atoms with Crippen molar-refractivity contribution in [1.29, 1.82) is 0 Å². The second-order valence-electron chi connectivity index (χ2n) is 9.22. The summed E-state index contributed by atoms with van der Waals surface area (Å²) < 4.78 is 16.4. The molecule has 0 spiro atoms. The van der Waals surface area contributed by atoms with Crippen molar-refractivity contribution >= 4 is 35.0 Å². The molecule has 0 aromatic heterocycles. The summed E-state index contributed by atoms with van der Waals surface area (Å²) in [5.41, 5.74) is 2.80. The number of methoxy groups -OCH3 is 1. The molecule has 0 saturated carbocycles. The zero-order valence-corrected chi connectivity index (χ0v) is 21.8. The maximum absolute atomic E-state index is 13.7. The van der Waals surface area contributed by atoms with Gasteiger partial charge in [-0.2, -0.15) is 0 Å². The topological polar surface area (TPSA) is 97.4 Å². The summed E-state index contributed by atoms with van der Waals surface area (Å²) in [5, 5.41) is 2.83. The summed E-state index contributed by atoms with van der Waals surface area (Å²) in [7, 11) is 1.52. The zero-order chi connectivity index (χ0) is 27.4. The highest BCUT2D eigenvalue weighted by molar-refractivity contribution is 6.25. The number of nitrogens with one attached hydrogen (secondary N) is 1. The monoisotopic (exact) mass is 527 g/mol. The van der Waals surface area contributed by atoms with Crippen LogP contribution in [0.2, 0.25) is 0 Å². The first-order valence-electron chi connectivity index (χ1n) is 12.6. The van der Waals surface area contributed by atoms with Crippen molar-refractivity contribution in [3.05, 3.63) is 83.4 Å². The van der Waals surface area contributed by atoms with E-state index in [-0.39, 0.29) is 24.1 Å². The van der Waals surface area contributed by atoms with Crippen LogP contribution in [0.5, 0.6) is 17.2 Å². The van der Waals surface area contributed by atoms with Gasteiger partial charge >= 0.3 is 0 Å². The van der Waals surface area contributed by atoms with Crippen LogP contribution in [-0.4, -0.2) is 62.6 Å². The SMILES string of the molecule is COc1cc(/C=C(\C(=O)Nc2ccccc2)C(=O)N2CCN(c3ccc(C(C)=O)cc3)CC2)cc2c1OCO2. The number of hydrogen-bond acceptors (Lipinski definition) is 7. The molecule has 200 valence electrons. The third kappa shape index (κ3) is 5.72.